The maximum Gasteiger partial charge on any atom is 0.251 e. The molecule has 0 radical (unpaired) electrons. The van der Waals surface area contributed by atoms with Crippen LogP contribution in [0.25, 0.3) is 22.2 Å². The Labute approximate surface area is 186 Å². The summed E-state index contributed by atoms with van der Waals surface area (Å²) in [6.07, 6.45) is 10.6. The molecular weight excluding hydrogens is 412 g/mol. The third kappa shape index (κ3) is 4.75. The van der Waals surface area contributed by atoms with E-state index in [4.69, 9.17) is 11.6 Å². The fourth-order valence-corrected chi connectivity index (χ4v) is 4.15. The molecule has 2 N–H and O–H groups in total. The fraction of sp³-hybridized carbons (Fsp3) is 0.333. The number of H-pyrrole nitrogens is 1. The summed E-state index contributed by atoms with van der Waals surface area (Å²) in [5.41, 5.74) is 4.58. The second-order valence-corrected chi connectivity index (χ2v) is 8.49. The van der Waals surface area contributed by atoms with E-state index in [1.165, 1.54) is 0 Å². The Morgan fingerprint density at radius 1 is 1.35 bits per heavy atom. The van der Waals surface area contributed by atoms with Gasteiger partial charge in [0.1, 0.15) is 5.65 Å². The first kappa shape index (κ1) is 21.4. The molecule has 4 heterocycles. The number of nitrogens with zero attached hydrogens (tertiary/aromatic N) is 3. The molecule has 1 fully saturated rings. The van der Waals surface area contributed by atoms with Gasteiger partial charge in [-0.05, 0) is 50.5 Å². The summed E-state index contributed by atoms with van der Waals surface area (Å²) < 4.78 is 1.67. The topological polar surface area (TPSA) is 74.2 Å². The Balaban J connectivity index is 1.62. The van der Waals surface area contributed by atoms with E-state index in [-0.39, 0.29) is 11.7 Å². The number of pyridine rings is 2. The third-order valence-electron chi connectivity index (χ3n) is 5.73. The highest BCUT2D eigenvalue weighted by Crippen LogP contribution is 2.30. The minimum absolute atomic E-state index is 0.0645. The zero-order chi connectivity index (χ0) is 22.0. The molecule has 0 saturated carbocycles. The third-order valence-corrected chi connectivity index (χ3v) is 6.06. The quantitative estimate of drug-likeness (QED) is 0.577. The van der Waals surface area contributed by atoms with Gasteiger partial charge in [-0.1, -0.05) is 23.3 Å². The van der Waals surface area contributed by atoms with Gasteiger partial charge in [0.05, 0.1) is 18.0 Å². The van der Waals surface area contributed by atoms with Gasteiger partial charge >= 0.3 is 0 Å². The second kappa shape index (κ2) is 9.12. The summed E-state index contributed by atoms with van der Waals surface area (Å²) in [7, 11) is 0. The zero-order valence-corrected chi connectivity index (χ0v) is 18.6. The average Bonchev–Trinajstić information content (AvgIpc) is 3.19. The van der Waals surface area contributed by atoms with E-state index in [2.05, 4.69) is 20.9 Å². The van der Waals surface area contributed by atoms with E-state index in [0.29, 0.717) is 11.6 Å². The van der Waals surface area contributed by atoms with Gasteiger partial charge in [-0.15, -0.1) is 0 Å². The molecule has 7 heteroatoms. The highest BCUT2D eigenvalue weighted by molar-refractivity contribution is 6.31. The van der Waals surface area contributed by atoms with Crippen molar-refractivity contribution in [2.24, 2.45) is 0 Å². The number of hydrogen-bond donors (Lipinski definition) is 2. The maximum absolute atomic E-state index is 12.7. The first-order valence-electron chi connectivity index (χ1n) is 10.5. The van der Waals surface area contributed by atoms with Crippen molar-refractivity contribution in [1.29, 1.82) is 0 Å². The van der Waals surface area contributed by atoms with Crippen LogP contribution in [0.5, 0.6) is 0 Å². The summed E-state index contributed by atoms with van der Waals surface area (Å²) in [5.74, 6) is 0. The Kier molecular flexibility index (Phi) is 6.30. The molecule has 0 amide bonds. The van der Waals surface area contributed by atoms with Crippen molar-refractivity contribution in [3.05, 3.63) is 69.9 Å². The normalized spacial score (nSPS) is 16.3. The molecular formula is C24H27ClN4O2. The number of aliphatic hydroxyl groups is 1. The molecule has 0 atom stereocenters. The number of aromatic nitrogens is 3. The Bertz CT molecular complexity index is 1200. The van der Waals surface area contributed by atoms with E-state index in [0.717, 1.165) is 59.4 Å². The highest BCUT2D eigenvalue weighted by Gasteiger charge is 2.18. The summed E-state index contributed by atoms with van der Waals surface area (Å²) in [6, 6.07) is 5.74. The van der Waals surface area contributed by atoms with Gasteiger partial charge in [0.15, 0.2) is 0 Å². The van der Waals surface area contributed by atoms with Crippen LogP contribution in [0.15, 0.2) is 64.3 Å². The van der Waals surface area contributed by atoms with Gasteiger partial charge in [0, 0.05) is 54.1 Å². The van der Waals surface area contributed by atoms with Crippen LogP contribution in [0.4, 0.5) is 5.69 Å². The van der Waals surface area contributed by atoms with Gasteiger partial charge < -0.3 is 19.6 Å². The predicted molar refractivity (Wildman–Crippen MR) is 127 cm³/mol. The van der Waals surface area contributed by atoms with Crippen LogP contribution in [0, 0.1) is 0 Å². The molecule has 3 aromatic heterocycles. The summed E-state index contributed by atoms with van der Waals surface area (Å²) >= 11 is 6.06. The van der Waals surface area contributed by atoms with Crippen LogP contribution in [0.3, 0.4) is 0 Å². The number of hydrogen-bond acceptors (Lipinski definition) is 4. The summed E-state index contributed by atoms with van der Waals surface area (Å²) in [6.45, 7) is 5.95. The molecule has 1 aliphatic heterocycles. The molecule has 0 spiro atoms. The molecule has 1 aliphatic rings. The van der Waals surface area contributed by atoms with Crippen LogP contribution in [-0.4, -0.2) is 38.8 Å². The Morgan fingerprint density at radius 3 is 2.84 bits per heavy atom. The highest BCUT2D eigenvalue weighted by atomic mass is 35.5. The van der Waals surface area contributed by atoms with Gasteiger partial charge in [0.2, 0.25) is 0 Å². The summed E-state index contributed by atoms with van der Waals surface area (Å²) in [5, 5.41) is 11.4. The number of piperidine rings is 1. The number of fused-ring (bicyclic) bond motifs is 1. The van der Waals surface area contributed by atoms with E-state index in [9.17, 15) is 9.90 Å². The minimum atomic E-state index is -0.213. The average molecular weight is 439 g/mol. The van der Waals surface area contributed by atoms with E-state index in [1.54, 1.807) is 10.6 Å². The van der Waals surface area contributed by atoms with Gasteiger partial charge in [-0.3, -0.25) is 4.79 Å². The molecule has 0 unspecified atom stereocenters. The van der Waals surface area contributed by atoms with Crippen molar-refractivity contribution in [2.75, 3.05) is 18.0 Å². The van der Waals surface area contributed by atoms with Crippen LogP contribution in [0.2, 0.25) is 0 Å². The van der Waals surface area contributed by atoms with Crippen LogP contribution in [-0.2, 0) is 6.54 Å². The van der Waals surface area contributed by atoms with Crippen molar-refractivity contribution in [3.63, 3.8) is 0 Å². The molecule has 31 heavy (non-hydrogen) atoms. The van der Waals surface area contributed by atoms with Crippen molar-refractivity contribution in [3.8, 4) is 11.1 Å². The predicted octanol–water partition coefficient (Wildman–Crippen LogP) is 4.44. The second-order valence-electron chi connectivity index (χ2n) is 8.06. The van der Waals surface area contributed by atoms with Crippen LogP contribution < -0.4 is 10.5 Å². The van der Waals surface area contributed by atoms with Gasteiger partial charge in [0.25, 0.3) is 5.56 Å². The number of anilines is 1. The smallest absolute Gasteiger partial charge is 0.251 e. The first-order valence-corrected chi connectivity index (χ1v) is 10.9. The number of nitrogens with one attached hydrogen (secondary N) is 1. The lowest BCUT2D eigenvalue weighted by atomic mass is 10.1. The molecule has 3 aromatic rings. The standard InChI is InChI=1S/C24H27ClN4O2/c1-3-18(25)10-16(2)15-29-7-4-17(11-23(29)31)22-14-27-24-21(22)12-19(13-26-24)28-8-5-20(30)6-9-28/h3-4,7,10-14,20,30H,5-6,8-9,15H2,1-2H3,(H,26,27)/b16-10+,18-3+. The zero-order valence-electron chi connectivity index (χ0n) is 17.8. The monoisotopic (exact) mass is 438 g/mol. The molecule has 0 bridgehead atoms. The number of aromatic amines is 1. The Morgan fingerprint density at radius 2 is 2.13 bits per heavy atom. The molecule has 6 nitrogen and oxygen atoms in total. The van der Waals surface area contributed by atoms with Crippen molar-refractivity contribution in [1.82, 2.24) is 14.5 Å². The van der Waals surface area contributed by atoms with Crippen molar-refractivity contribution >= 4 is 28.3 Å². The van der Waals surface area contributed by atoms with Crippen LogP contribution >= 0.6 is 11.6 Å². The van der Waals surface area contributed by atoms with Crippen LogP contribution in [0.1, 0.15) is 26.7 Å². The molecule has 1 saturated heterocycles. The molecule has 0 aliphatic carbocycles. The Hall–Kier alpha value is -2.83. The number of aliphatic hydroxyl groups excluding tert-OH is 1. The number of halogens is 1. The van der Waals surface area contributed by atoms with E-state index in [1.807, 2.05) is 50.7 Å². The summed E-state index contributed by atoms with van der Waals surface area (Å²) in [4.78, 5) is 22.8. The molecule has 4 rings (SSSR count). The van der Waals surface area contributed by atoms with E-state index >= 15 is 0 Å². The SMILES string of the molecule is C/C=C(Cl)\C=C(/C)Cn1ccc(-c2c[nH]c3ncc(N4CCC(O)CC4)cc23)cc1=O. The number of allylic oxidation sites excluding steroid dienone is 4. The first-order chi connectivity index (χ1) is 14.9. The maximum atomic E-state index is 12.7. The fourth-order valence-electron chi connectivity index (χ4n) is 3.97. The lowest BCUT2D eigenvalue weighted by molar-refractivity contribution is 0.145. The van der Waals surface area contributed by atoms with Gasteiger partial charge in [-0.25, -0.2) is 4.98 Å². The minimum Gasteiger partial charge on any atom is -0.393 e. The lowest BCUT2D eigenvalue weighted by Crippen LogP contribution is -2.35. The molecule has 0 aromatic carbocycles. The van der Waals surface area contributed by atoms with Crippen molar-refractivity contribution in [2.45, 2.75) is 39.3 Å². The largest absolute Gasteiger partial charge is 0.393 e. The number of rotatable bonds is 5. The van der Waals surface area contributed by atoms with Gasteiger partial charge in [-0.2, -0.15) is 0 Å². The molecule has 162 valence electrons. The lowest BCUT2D eigenvalue weighted by Gasteiger charge is -2.31. The van der Waals surface area contributed by atoms with E-state index < -0.39 is 0 Å². The van der Waals surface area contributed by atoms with Crippen molar-refractivity contribution < 1.29 is 5.11 Å².